The molecule has 0 atom stereocenters. The normalized spacial score (nSPS) is 8.94. The van der Waals surface area contributed by atoms with Gasteiger partial charge in [0.2, 0.25) is 0 Å². The Bertz CT molecular complexity index is 359. The predicted octanol–water partition coefficient (Wildman–Crippen LogP) is 2.02. The van der Waals surface area contributed by atoms with Gasteiger partial charge in [-0.05, 0) is 5.56 Å². The van der Waals surface area contributed by atoms with Crippen LogP contribution >= 0.6 is 0 Å². The van der Waals surface area contributed by atoms with Gasteiger partial charge in [-0.1, -0.05) is 13.8 Å². The minimum absolute atomic E-state index is 0.144. The van der Waals surface area contributed by atoms with Gasteiger partial charge in [-0.15, -0.1) is 0 Å². The number of aliphatic hydroxyl groups is 1. The lowest BCUT2D eigenvalue weighted by atomic mass is 10.2. The van der Waals surface area contributed by atoms with Gasteiger partial charge >= 0.3 is 0 Å². The van der Waals surface area contributed by atoms with Gasteiger partial charge < -0.3 is 5.11 Å². The Morgan fingerprint density at radius 2 is 1.44 bits per heavy atom. The quantitative estimate of drug-likeness (QED) is 0.629. The maximum Gasteiger partial charge on any atom is 0.276 e. The largest absolute Gasteiger partial charge is 0.392 e. The average Bonchev–Trinajstić information content (AvgIpc) is 2.30. The molecule has 0 fully saturated rings. The number of nitrogens with zero attached hydrogens (tertiary/aromatic N) is 2. The van der Waals surface area contributed by atoms with Crippen LogP contribution in [-0.4, -0.2) is 15.0 Å². The minimum atomic E-state index is -0.744. The SMILES string of the molecule is CC.O=[N+]([O-])c1cc(CO)cc([N+](=O)[O-])c1. The predicted molar refractivity (Wildman–Crippen MR) is 57.0 cm³/mol. The van der Waals surface area contributed by atoms with Crippen molar-refractivity contribution in [3.63, 3.8) is 0 Å². The van der Waals surface area contributed by atoms with Crippen LogP contribution in [0.25, 0.3) is 0 Å². The summed E-state index contributed by atoms with van der Waals surface area (Å²) in [6.45, 7) is 3.53. The smallest absolute Gasteiger partial charge is 0.276 e. The number of aliphatic hydroxyl groups excluding tert-OH is 1. The molecule has 7 heteroatoms. The molecule has 0 aliphatic rings. The zero-order valence-corrected chi connectivity index (χ0v) is 8.91. The van der Waals surface area contributed by atoms with Crippen LogP contribution in [0.4, 0.5) is 11.4 Å². The molecular weight excluding hydrogens is 216 g/mol. The Labute approximate surface area is 91.6 Å². The van der Waals surface area contributed by atoms with Crippen LogP contribution in [0, 0.1) is 20.2 Å². The van der Waals surface area contributed by atoms with Crippen LogP contribution in [0.2, 0.25) is 0 Å². The van der Waals surface area contributed by atoms with E-state index in [0.717, 1.165) is 18.2 Å². The molecule has 0 aromatic heterocycles. The monoisotopic (exact) mass is 228 g/mol. The Kier molecular flexibility index (Phi) is 5.65. The summed E-state index contributed by atoms with van der Waals surface area (Å²) in [6, 6.07) is 3.03. The topological polar surface area (TPSA) is 107 Å². The number of hydrogen-bond acceptors (Lipinski definition) is 5. The Morgan fingerprint density at radius 1 is 1.06 bits per heavy atom. The molecule has 88 valence electrons. The van der Waals surface area contributed by atoms with E-state index in [1.165, 1.54) is 0 Å². The van der Waals surface area contributed by atoms with Crippen LogP contribution in [-0.2, 0) is 6.61 Å². The number of rotatable bonds is 3. The van der Waals surface area contributed by atoms with Gasteiger partial charge in [0, 0.05) is 12.1 Å². The van der Waals surface area contributed by atoms with E-state index in [1.807, 2.05) is 13.8 Å². The van der Waals surface area contributed by atoms with E-state index in [4.69, 9.17) is 5.11 Å². The average molecular weight is 228 g/mol. The molecule has 1 aromatic rings. The summed E-state index contributed by atoms with van der Waals surface area (Å²) in [5.41, 5.74) is -0.655. The second-order valence-corrected chi connectivity index (χ2v) is 2.53. The van der Waals surface area contributed by atoms with Crippen molar-refractivity contribution < 1.29 is 15.0 Å². The van der Waals surface area contributed by atoms with Crippen molar-refractivity contribution in [2.75, 3.05) is 0 Å². The lowest BCUT2D eigenvalue weighted by Gasteiger charge is -1.97. The summed E-state index contributed by atoms with van der Waals surface area (Å²) in [4.78, 5) is 19.2. The molecule has 0 amide bonds. The van der Waals surface area contributed by atoms with Gasteiger partial charge in [-0.3, -0.25) is 20.2 Å². The molecule has 16 heavy (non-hydrogen) atoms. The summed E-state index contributed by atoms with van der Waals surface area (Å²) in [5.74, 6) is 0. The maximum absolute atomic E-state index is 10.3. The highest BCUT2D eigenvalue weighted by atomic mass is 16.6. The summed E-state index contributed by atoms with van der Waals surface area (Å²) >= 11 is 0. The van der Waals surface area contributed by atoms with Crippen molar-refractivity contribution >= 4 is 11.4 Å². The summed E-state index contributed by atoms with van der Waals surface area (Å²) in [6.07, 6.45) is 0. The highest BCUT2D eigenvalue weighted by Gasteiger charge is 2.15. The number of benzene rings is 1. The number of non-ortho nitro benzene ring substituents is 2. The van der Waals surface area contributed by atoms with Gasteiger partial charge in [-0.2, -0.15) is 0 Å². The number of nitro groups is 2. The van der Waals surface area contributed by atoms with E-state index in [2.05, 4.69) is 0 Å². The van der Waals surface area contributed by atoms with Gasteiger partial charge in [0.25, 0.3) is 11.4 Å². The standard InChI is InChI=1S/C7H6N2O5.C2H6/c10-4-5-1-6(8(11)12)3-7(2-5)9(13)14;1-2/h1-3,10H,4H2;1-2H3. The molecule has 7 nitrogen and oxygen atoms in total. The zero-order valence-electron chi connectivity index (χ0n) is 8.91. The van der Waals surface area contributed by atoms with Crippen molar-refractivity contribution in [3.8, 4) is 0 Å². The van der Waals surface area contributed by atoms with E-state index in [-0.39, 0.29) is 5.56 Å². The highest BCUT2D eigenvalue weighted by molar-refractivity contribution is 5.46. The lowest BCUT2D eigenvalue weighted by molar-refractivity contribution is -0.394. The summed E-state index contributed by atoms with van der Waals surface area (Å²) < 4.78 is 0. The van der Waals surface area contributed by atoms with Gasteiger partial charge in [-0.25, -0.2) is 0 Å². The zero-order chi connectivity index (χ0) is 12.7. The first-order valence-electron chi connectivity index (χ1n) is 4.58. The molecule has 0 unspecified atom stereocenters. The molecule has 0 bridgehead atoms. The molecule has 0 radical (unpaired) electrons. The Hall–Kier alpha value is -2.02. The third kappa shape index (κ3) is 3.62. The first-order chi connectivity index (χ1) is 7.54. The molecule has 1 N–H and O–H groups in total. The van der Waals surface area contributed by atoms with Gasteiger partial charge in [0.15, 0.2) is 0 Å². The fourth-order valence-electron chi connectivity index (χ4n) is 0.959. The van der Waals surface area contributed by atoms with Gasteiger partial charge in [0.05, 0.1) is 22.5 Å². The van der Waals surface area contributed by atoms with Crippen molar-refractivity contribution in [3.05, 3.63) is 44.0 Å². The van der Waals surface area contributed by atoms with Crippen LogP contribution in [0.1, 0.15) is 19.4 Å². The molecule has 0 saturated carbocycles. The molecular formula is C9H12N2O5. The molecule has 1 aromatic carbocycles. The summed E-state index contributed by atoms with van der Waals surface area (Å²) in [5, 5.41) is 29.4. The van der Waals surface area contributed by atoms with E-state index in [1.54, 1.807) is 0 Å². The first-order valence-corrected chi connectivity index (χ1v) is 4.58. The Balaban J connectivity index is 0.00000106. The number of hydrogen-bond donors (Lipinski definition) is 1. The molecule has 0 spiro atoms. The summed E-state index contributed by atoms with van der Waals surface area (Å²) in [7, 11) is 0. The molecule has 0 aliphatic heterocycles. The van der Waals surface area contributed by atoms with Gasteiger partial charge in [0.1, 0.15) is 0 Å². The molecule has 0 aliphatic carbocycles. The second-order valence-electron chi connectivity index (χ2n) is 2.53. The third-order valence-electron chi connectivity index (χ3n) is 1.57. The lowest BCUT2D eigenvalue weighted by Crippen LogP contribution is -1.95. The van der Waals surface area contributed by atoms with Crippen LogP contribution in [0.3, 0.4) is 0 Å². The second kappa shape index (κ2) is 6.46. The van der Waals surface area contributed by atoms with Crippen LogP contribution < -0.4 is 0 Å². The van der Waals surface area contributed by atoms with E-state index in [9.17, 15) is 20.2 Å². The highest BCUT2D eigenvalue weighted by Crippen LogP contribution is 2.22. The van der Waals surface area contributed by atoms with Crippen molar-refractivity contribution in [2.45, 2.75) is 20.5 Å². The van der Waals surface area contributed by atoms with E-state index >= 15 is 0 Å². The molecule has 0 heterocycles. The minimum Gasteiger partial charge on any atom is -0.392 e. The van der Waals surface area contributed by atoms with Crippen molar-refractivity contribution in [1.29, 1.82) is 0 Å². The fraction of sp³-hybridized carbons (Fsp3) is 0.333. The molecule has 1 rings (SSSR count). The van der Waals surface area contributed by atoms with E-state index < -0.39 is 27.8 Å². The van der Waals surface area contributed by atoms with Crippen molar-refractivity contribution in [2.24, 2.45) is 0 Å². The number of nitro benzene ring substituents is 2. The Morgan fingerprint density at radius 3 is 1.69 bits per heavy atom. The van der Waals surface area contributed by atoms with Crippen LogP contribution in [0.15, 0.2) is 18.2 Å². The van der Waals surface area contributed by atoms with Crippen molar-refractivity contribution in [1.82, 2.24) is 0 Å². The van der Waals surface area contributed by atoms with Crippen LogP contribution in [0.5, 0.6) is 0 Å². The first kappa shape index (κ1) is 14.0. The fourth-order valence-corrected chi connectivity index (χ4v) is 0.959. The third-order valence-corrected chi connectivity index (χ3v) is 1.57. The van der Waals surface area contributed by atoms with E-state index in [0.29, 0.717) is 0 Å². The maximum atomic E-state index is 10.3. The molecule has 0 saturated heterocycles.